The second-order valence-electron chi connectivity index (χ2n) is 9.78. The first-order valence-corrected chi connectivity index (χ1v) is 15.1. The summed E-state index contributed by atoms with van der Waals surface area (Å²) >= 11 is 1.31. The lowest BCUT2D eigenvalue weighted by molar-refractivity contribution is 0.0111. The van der Waals surface area contributed by atoms with Gasteiger partial charge in [-0.1, -0.05) is 25.1 Å². The summed E-state index contributed by atoms with van der Waals surface area (Å²) in [5, 5.41) is 11.9. The Morgan fingerprint density at radius 2 is 1.97 bits per heavy atom. The first-order valence-electron chi connectivity index (χ1n) is 13.2. The van der Waals surface area contributed by atoms with Gasteiger partial charge in [-0.3, -0.25) is 4.79 Å². The number of hydrogen-bond donors (Lipinski definition) is 1. The number of nitrogens with zero attached hydrogens (tertiary/aromatic N) is 5. The van der Waals surface area contributed by atoms with E-state index in [-0.39, 0.29) is 36.3 Å². The summed E-state index contributed by atoms with van der Waals surface area (Å²) in [7, 11) is -1.39. The quantitative estimate of drug-likeness (QED) is 0.199. The fourth-order valence-corrected chi connectivity index (χ4v) is 7.25. The van der Waals surface area contributed by atoms with Crippen molar-refractivity contribution >= 4 is 42.8 Å². The molecule has 12 heteroatoms. The van der Waals surface area contributed by atoms with Gasteiger partial charge in [-0.2, -0.15) is 9.64 Å². The molecule has 0 radical (unpaired) electrons. The molecule has 10 nitrogen and oxygen atoms in total. The van der Waals surface area contributed by atoms with E-state index in [2.05, 4.69) is 65.0 Å². The van der Waals surface area contributed by atoms with E-state index in [4.69, 9.17) is 19.0 Å². The maximum atomic E-state index is 12.7. The molecule has 1 fully saturated rings. The zero-order valence-corrected chi connectivity index (χ0v) is 24.6. The lowest BCUT2D eigenvalue weighted by Gasteiger charge is -2.37. The summed E-state index contributed by atoms with van der Waals surface area (Å²) in [5.74, 6) is 0.111. The fourth-order valence-electron chi connectivity index (χ4n) is 4.62. The van der Waals surface area contributed by atoms with Gasteiger partial charge in [0.05, 0.1) is 42.3 Å². The average Bonchev–Trinajstić information content (AvgIpc) is 3.53. The van der Waals surface area contributed by atoms with E-state index in [0.29, 0.717) is 41.9 Å². The first-order chi connectivity index (χ1) is 18.8. The monoisotopic (exact) mass is 570 g/mol. The molecule has 1 unspecified atom stereocenters. The number of nitriles is 1. The zero-order valence-electron chi connectivity index (χ0n) is 22.9. The maximum Gasteiger partial charge on any atom is 0.259 e. The highest BCUT2D eigenvalue weighted by Crippen LogP contribution is 2.51. The summed E-state index contributed by atoms with van der Waals surface area (Å²) in [4.78, 5) is 22.4. The molecular formula is C27H35N6O4PS. The Bertz CT molecular complexity index is 1280. The number of carbonyl (C=O) groups excluding carboxylic acids is 1. The van der Waals surface area contributed by atoms with Gasteiger partial charge in [0.1, 0.15) is 17.4 Å². The lowest BCUT2D eigenvalue weighted by atomic mass is 10.1. The Morgan fingerprint density at radius 1 is 1.23 bits per heavy atom. The van der Waals surface area contributed by atoms with Crippen molar-refractivity contribution in [3.63, 3.8) is 0 Å². The number of fused-ring (bicyclic) bond motifs is 1. The summed E-state index contributed by atoms with van der Waals surface area (Å²) < 4.78 is 26.1. The third-order valence-electron chi connectivity index (χ3n) is 6.34. The van der Waals surface area contributed by atoms with Crippen LogP contribution in [0.15, 0.2) is 36.7 Å². The van der Waals surface area contributed by atoms with Crippen LogP contribution in [0.2, 0.25) is 0 Å². The smallest absolute Gasteiger partial charge is 0.259 e. The minimum atomic E-state index is -1.39. The van der Waals surface area contributed by atoms with Crippen LogP contribution in [-0.2, 0) is 13.8 Å². The summed E-state index contributed by atoms with van der Waals surface area (Å²) in [6.07, 6.45) is 2.56. The van der Waals surface area contributed by atoms with Crippen LogP contribution in [0.4, 0.5) is 5.82 Å². The highest BCUT2D eigenvalue weighted by molar-refractivity contribution is 7.44. The van der Waals surface area contributed by atoms with Crippen LogP contribution in [0.25, 0.3) is 11.0 Å². The highest BCUT2D eigenvalue weighted by Gasteiger charge is 2.41. The minimum Gasteiger partial charge on any atom is -0.367 e. The molecule has 1 amide bonds. The van der Waals surface area contributed by atoms with Gasteiger partial charge in [0.2, 0.25) is 0 Å². The number of benzene rings is 1. The Hall–Kier alpha value is -2.58. The van der Waals surface area contributed by atoms with Crippen molar-refractivity contribution in [2.45, 2.75) is 84.3 Å². The van der Waals surface area contributed by atoms with Gasteiger partial charge >= 0.3 is 0 Å². The van der Waals surface area contributed by atoms with Crippen molar-refractivity contribution in [1.82, 2.24) is 19.0 Å². The normalized spacial score (nSPS) is 20.1. The standard InChI is InChI=1S/C27H35N6O4PS/c1-6-20-21(37-38(35-14-10-13-28)33(17(2)3)18(4)5)15-22(36-20)25-23-24(32-39-25)26(30-16-29-23)31-27(34)19-11-8-7-9-12-19/h7-9,11-12,16-18,20-22H,6,10,14-15H2,1-5H3,(H,29,30,31,34)/t20-,21+,22-,38?/m1/s1. The molecular weight excluding hydrogens is 535 g/mol. The number of rotatable bonds is 12. The Balaban J connectivity index is 1.54. The van der Waals surface area contributed by atoms with E-state index >= 15 is 0 Å². The van der Waals surface area contributed by atoms with Gasteiger partial charge in [-0.15, -0.1) is 0 Å². The van der Waals surface area contributed by atoms with Gasteiger partial charge < -0.3 is 19.1 Å². The van der Waals surface area contributed by atoms with E-state index in [9.17, 15) is 4.79 Å². The molecule has 0 spiro atoms. The van der Waals surface area contributed by atoms with Gasteiger partial charge in [0.25, 0.3) is 14.4 Å². The van der Waals surface area contributed by atoms with Gasteiger partial charge in [-0.25, -0.2) is 14.6 Å². The van der Waals surface area contributed by atoms with Crippen LogP contribution >= 0.6 is 20.1 Å². The Kier molecular flexibility index (Phi) is 10.3. The van der Waals surface area contributed by atoms with Crippen LogP contribution in [-0.4, -0.2) is 55.8 Å². The van der Waals surface area contributed by atoms with Crippen LogP contribution in [0.1, 0.15) is 75.2 Å². The molecule has 0 bridgehead atoms. The topological polar surface area (TPSA) is 122 Å². The lowest BCUT2D eigenvalue weighted by Crippen LogP contribution is -2.35. The molecule has 1 aromatic carbocycles. The number of ether oxygens (including phenoxy) is 1. The average molecular weight is 571 g/mol. The molecule has 0 saturated carbocycles. The number of nitrogens with one attached hydrogen (secondary N) is 1. The molecule has 0 aliphatic carbocycles. The minimum absolute atomic E-state index is 0.128. The highest BCUT2D eigenvalue weighted by atomic mass is 32.1. The zero-order chi connectivity index (χ0) is 27.9. The third-order valence-corrected chi connectivity index (χ3v) is 9.42. The fraction of sp³-hybridized carbons (Fsp3) is 0.519. The van der Waals surface area contributed by atoms with Crippen molar-refractivity contribution < 1.29 is 18.6 Å². The van der Waals surface area contributed by atoms with Gasteiger partial charge in [0, 0.05) is 24.1 Å². The summed E-state index contributed by atoms with van der Waals surface area (Å²) in [6.45, 7) is 10.9. The molecule has 3 aromatic rings. The van der Waals surface area contributed by atoms with E-state index in [1.807, 2.05) is 18.2 Å². The molecule has 1 aliphatic heterocycles. The second-order valence-corrected chi connectivity index (χ2v) is 12.0. The molecule has 1 aliphatic rings. The molecule has 39 heavy (non-hydrogen) atoms. The van der Waals surface area contributed by atoms with Crippen LogP contribution < -0.4 is 5.32 Å². The van der Waals surface area contributed by atoms with Crippen molar-refractivity contribution in [3.8, 4) is 6.07 Å². The third kappa shape index (κ3) is 6.95. The first kappa shape index (κ1) is 29.4. The van der Waals surface area contributed by atoms with Gasteiger partial charge in [0.15, 0.2) is 5.82 Å². The predicted molar refractivity (Wildman–Crippen MR) is 152 cm³/mol. The van der Waals surface area contributed by atoms with Crippen LogP contribution in [0, 0.1) is 11.3 Å². The molecule has 3 heterocycles. The molecule has 208 valence electrons. The number of hydrogen-bond acceptors (Lipinski definition) is 10. The molecule has 1 N–H and O–H groups in total. The van der Waals surface area contributed by atoms with Gasteiger partial charge in [-0.05, 0) is 57.8 Å². The van der Waals surface area contributed by atoms with E-state index in [1.165, 1.54) is 17.9 Å². The number of anilines is 1. The van der Waals surface area contributed by atoms with Crippen molar-refractivity contribution in [3.05, 3.63) is 47.1 Å². The van der Waals surface area contributed by atoms with E-state index in [1.54, 1.807) is 12.1 Å². The largest absolute Gasteiger partial charge is 0.367 e. The Morgan fingerprint density at radius 3 is 2.64 bits per heavy atom. The molecule has 4 atom stereocenters. The van der Waals surface area contributed by atoms with Crippen molar-refractivity contribution in [1.29, 1.82) is 5.26 Å². The SMILES string of the molecule is CC[C@H]1O[C@@H](c2snc3c(NC(=O)c4ccccc4)ncnc23)C[C@@H]1OP(OCCC#N)N(C(C)C)C(C)C. The number of amides is 1. The van der Waals surface area contributed by atoms with E-state index < -0.39 is 8.53 Å². The maximum absolute atomic E-state index is 12.7. The van der Waals surface area contributed by atoms with Crippen LogP contribution in [0.3, 0.4) is 0 Å². The Labute approximate surface area is 234 Å². The van der Waals surface area contributed by atoms with Crippen molar-refractivity contribution in [2.75, 3.05) is 11.9 Å². The number of carbonyl (C=O) groups is 1. The van der Waals surface area contributed by atoms with Crippen molar-refractivity contribution in [2.24, 2.45) is 0 Å². The molecule has 1 saturated heterocycles. The molecule has 2 aromatic heterocycles. The number of aromatic nitrogens is 3. The second kappa shape index (κ2) is 13.7. The summed E-state index contributed by atoms with van der Waals surface area (Å²) in [6, 6.07) is 11.5. The summed E-state index contributed by atoms with van der Waals surface area (Å²) in [5.41, 5.74) is 1.74. The van der Waals surface area contributed by atoms with E-state index in [0.717, 1.165) is 11.3 Å². The van der Waals surface area contributed by atoms with Crippen LogP contribution in [0.5, 0.6) is 0 Å². The predicted octanol–water partition coefficient (Wildman–Crippen LogP) is 6.24. The molecule has 4 rings (SSSR count).